The van der Waals surface area contributed by atoms with Gasteiger partial charge in [0.2, 0.25) is 0 Å². The minimum absolute atomic E-state index is 0.0747. The third kappa shape index (κ3) is 3.64. The highest BCUT2D eigenvalue weighted by Gasteiger charge is 2.16. The van der Waals surface area contributed by atoms with Gasteiger partial charge in [0.05, 0.1) is 12.4 Å². The Labute approximate surface area is 113 Å². The Morgan fingerprint density at radius 2 is 2.11 bits per heavy atom. The highest BCUT2D eigenvalue weighted by molar-refractivity contribution is 5.91. The van der Waals surface area contributed by atoms with Gasteiger partial charge >= 0.3 is 0 Å². The number of nitrogens with zero attached hydrogens (tertiary/aromatic N) is 4. The molecule has 1 saturated heterocycles. The number of anilines is 1. The summed E-state index contributed by atoms with van der Waals surface area (Å²) >= 11 is 0. The van der Waals surface area contributed by atoms with E-state index < -0.39 is 0 Å². The SMILES string of the molecule is CNc1cnc(C(=O)N(C)CCN2CCCC2)cn1. The van der Waals surface area contributed by atoms with Gasteiger partial charge in [-0.05, 0) is 25.9 Å². The highest BCUT2D eigenvalue weighted by atomic mass is 16.2. The first-order valence-corrected chi connectivity index (χ1v) is 6.68. The number of nitrogens with one attached hydrogen (secondary N) is 1. The normalized spacial score (nSPS) is 15.5. The van der Waals surface area contributed by atoms with E-state index in [1.807, 2.05) is 7.05 Å². The summed E-state index contributed by atoms with van der Waals surface area (Å²) in [7, 11) is 3.58. The first-order valence-electron chi connectivity index (χ1n) is 6.68. The highest BCUT2D eigenvalue weighted by Crippen LogP contribution is 2.07. The average molecular weight is 263 g/mol. The fourth-order valence-electron chi connectivity index (χ4n) is 2.16. The third-order valence-corrected chi connectivity index (χ3v) is 3.42. The largest absolute Gasteiger partial charge is 0.372 e. The van der Waals surface area contributed by atoms with Crippen LogP contribution in [-0.2, 0) is 0 Å². The van der Waals surface area contributed by atoms with Crippen LogP contribution < -0.4 is 5.32 Å². The van der Waals surface area contributed by atoms with Crippen molar-refractivity contribution < 1.29 is 4.79 Å². The molecule has 19 heavy (non-hydrogen) atoms. The van der Waals surface area contributed by atoms with E-state index in [0.29, 0.717) is 11.5 Å². The fraction of sp³-hybridized carbons (Fsp3) is 0.615. The van der Waals surface area contributed by atoms with E-state index in [4.69, 9.17) is 0 Å². The van der Waals surface area contributed by atoms with Gasteiger partial charge in [-0.3, -0.25) is 4.79 Å². The standard InChI is InChI=1S/C13H21N5O/c1-14-12-10-15-11(9-16-12)13(19)17(2)7-8-18-5-3-4-6-18/h9-10H,3-8H2,1-2H3,(H,14,16). The van der Waals surface area contributed by atoms with Gasteiger partial charge in [-0.1, -0.05) is 0 Å². The number of amides is 1. The van der Waals surface area contributed by atoms with Crippen LogP contribution >= 0.6 is 0 Å². The number of likely N-dealkylation sites (tertiary alicyclic amines) is 1. The monoisotopic (exact) mass is 263 g/mol. The average Bonchev–Trinajstić information content (AvgIpc) is 2.97. The van der Waals surface area contributed by atoms with Crippen molar-refractivity contribution in [3.8, 4) is 0 Å². The molecule has 1 aromatic heterocycles. The molecule has 0 bridgehead atoms. The first kappa shape index (κ1) is 13.7. The molecule has 0 aromatic carbocycles. The number of carbonyl (C=O) groups is 1. The van der Waals surface area contributed by atoms with Crippen molar-refractivity contribution in [2.75, 3.05) is 45.6 Å². The molecule has 0 aliphatic carbocycles. The Morgan fingerprint density at radius 3 is 2.68 bits per heavy atom. The number of rotatable bonds is 5. The molecular weight excluding hydrogens is 242 g/mol. The van der Waals surface area contributed by atoms with Crippen LogP contribution in [0.3, 0.4) is 0 Å². The zero-order chi connectivity index (χ0) is 13.7. The van der Waals surface area contributed by atoms with Crippen molar-refractivity contribution >= 4 is 11.7 Å². The van der Waals surface area contributed by atoms with E-state index in [1.54, 1.807) is 18.1 Å². The second-order valence-corrected chi connectivity index (χ2v) is 4.81. The summed E-state index contributed by atoms with van der Waals surface area (Å²) in [5, 5.41) is 2.88. The van der Waals surface area contributed by atoms with Crippen LogP contribution in [0.25, 0.3) is 0 Å². The predicted molar refractivity (Wildman–Crippen MR) is 74.2 cm³/mol. The van der Waals surface area contributed by atoms with Crippen LogP contribution in [-0.4, -0.2) is 65.9 Å². The molecule has 1 aliphatic heterocycles. The minimum Gasteiger partial charge on any atom is -0.372 e. The Morgan fingerprint density at radius 1 is 1.37 bits per heavy atom. The molecule has 2 rings (SSSR count). The maximum Gasteiger partial charge on any atom is 0.273 e. The molecule has 1 N–H and O–H groups in total. The van der Waals surface area contributed by atoms with E-state index in [1.165, 1.54) is 19.0 Å². The van der Waals surface area contributed by atoms with Crippen LogP contribution in [0.5, 0.6) is 0 Å². The summed E-state index contributed by atoms with van der Waals surface area (Å²) < 4.78 is 0. The summed E-state index contributed by atoms with van der Waals surface area (Å²) in [6.45, 7) is 3.97. The Bertz CT molecular complexity index is 414. The topological polar surface area (TPSA) is 61.4 Å². The molecular formula is C13H21N5O. The number of likely N-dealkylation sites (N-methyl/N-ethyl adjacent to an activating group) is 1. The summed E-state index contributed by atoms with van der Waals surface area (Å²) in [4.78, 5) is 24.5. The second-order valence-electron chi connectivity index (χ2n) is 4.81. The summed E-state index contributed by atoms with van der Waals surface area (Å²) in [6, 6.07) is 0. The number of aromatic nitrogens is 2. The zero-order valence-electron chi connectivity index (χ0n) is 11.6. The lowest BCUT2D eigenvalue weighted by molar-refractivity contribution is 0.0776. The number of hydrogen-bond acceptors (Lipinski definition) is 5. The van der Waals surface area contributed by atoms with Crippen molar-refractivity contribution in [2.24, 2.45) is 0 Å². The molecule has 0 atom stereocenters. The minimum atomic E-state index is -0.0747. The number of carbonyl (C=O) groups excluding carboxylic acids is 1. The quantitative estimate of drug-likeness (QED) is 0.846. The van der Waals surface area contributed by atoms with Gasteiger partial charge in [0.15, 0.2) is 0 Å². The summed E-state index contributed by atoms with van der Waals surface area (Å²) in [5.74, 6) is 0.589. The smallest absolute Gasteiger partial charge is 0.273 e. The molecule has 1 fully saturated rings. The zero-order valence-corrected chi connectivity index (χ0v) is 11.6. The van der Waals surface area contributed by atoms with Gasteiger partial charge in [0, 0.05) is 27.2 Å². The van der Waals surface area contributed by atoms with E-state index in [9.17, 15) is 4.79 Å². The van der Waals surface area contributed by atoms with Crippen LogP contribution in [0, 0.1) is 0 Å². The van der Waals surface area contributed by atoms with E-state index in [2.05, 4.69) is 20.2 Å². The van der Waals surface area contributed by atoms with Crippen molar-refractivity contribution in [1.82, 2.24) is 19.8 Å². The van der Waals surface area contributed by atoms with Crippen LogP contribution in [0.15, 0.2) is 12.4 Å². The Balaban J connectivity index is 1.86. The Kier molecular flexibility index (Phi) is 4.68. The first-order chi connectivity index (χ1) is 9.20. The van der Waals surface area contributed by atoms with Crippen molar-refractivity contribution in [3.05, 3.63) is 18.1 Å². The van der Waals surface area contributed by atoms with Crippen molar-refractivity contribution in [1.29, 1.82) is 0 Å². The number of hydrogen-bond donors (Lipinski definition) is 1. The Hall–Kier alpha value is -1.69. The van der Waals surface area contributed by atoms with Gasteiger partial charge in [-0.15, -0.1) is 0 Å². The molecule has 0 spiro atoms. The molecule has 0 radical (unpaired) electrons. The summed E-state index contributed by atoms with van der Waals surface area (Å²) in [6.07, 6.45) is 5.63. The van der Waals surface area contributed by atoms with Gasteiger partial charge in [0.1, 0.15) is 11.5 Å². The maximum absolute atomic E-state index is 12.1. The van der Waals surface area contributed by atoms with Crippen LogP contribution in [0.2, 0.25) is 0 Å². The van der Waals surface area contributed by atoms with Crippen molar-refractivity contribution in [2.45, 2.75) is 12.8 Å². The predicted octanol–water partition coefficient (Wildman–Crippen LogP) is 0.686. The second kappa shape index (κ2) is 6.47. The molecule has 1 aromatic rings. The van der Waals surface area contributed by atoms with E-state index in [-0.39, 0.29) is 5.91 Å². The lowest BCUT2D eigenvalue weighted by Gasteiger charge is -2.21. The molecule has 0 saturated carbocycles. The lowest BCUT2D eigenvalue weighted by Crippen LogP contribution is -2.35. The molecule has 0 unspecified atom stereocenters. The molecule has 6 nitrogen and oxygen atoms in total. The van der Waals surface area contributed by atoms with Gasteiger partial charge < -0.3 is 15.1 Å². The van der Waals surface area contributed by atoms with Crippen molar-refractivity contribution in [3.63, 3.8) is 0 Å². The van der Waals surface area contributed by atoms with E-state index >= 15 is 0 Å². The molecule has 2 heterocycles. The van der Waals surface area contributed by atoms with E-state index in [0.717, 1.165) is 26.2 Å². The molecule has 104 valence electrons. The summed E-state index contributed by atoms with van der Waals surface area (Å²) in [5.41, 5.74) is 0.392. The lowest BCUT2D eigenvalue weighted by atomic mass is 10.3. The van der Waals surface area contributed by atoms with Gasteiger partial charge in [0.25, 0.3) is 5.91 Å². The van der Waals surface area contributed by atoms with Crippen LogP contribution in [0.4, 0.5) is 5.82 Å². The maximum atomic E-state index is 12.1. The van der Waals surface area contributed by atoms with Gasteiger partial charge in [-0.25, -0.2) is 9.97 Å². The molecule has 1 amide bonds. The van der Waals surface area contributed by atoms with Crippen LogP contribution in [0.1, 0.15) is 23.3 Å². The molecule has 1 aliphatic rings. The van der Waals surface area contributed by atoms with Gasteiger partial charge in [-0.2, -0.15) is 0 Å². The molecule has 6 heteroatoms. The fourth-order valence-corrected chi connectivity index (χ4v) is 2.16. The third-order valence-electron chi connectivity index (χ3n) is 3.42.